The zero-order valence-corrected chi connectivity index (χ0v) is 17.1. The molecule has 0 fully saturated rings. The number of anilines is 1. The van der Waals surface area contributed by atoms with Crippen LogP contribution >= 0.6 is 11.8 Å². The first-order valence-corrected chi connectivity index (χ1v) is 10.9. The number of hydrogen-bond donors (Lipinski definition) is 2. The molecule has 1 aromatic heterocycles. The molecule has 5 nitrogen and oxygen atoms in total. The van der Waals surface area contributed by atoms with Gasteiger partial charge in [0.05, 0.1) is 11.3 Å². The highest BCUT2D eigenvalue weighted by molar-refractivity contribution is 7.98. The van der Waals surface area contributed by atoms with Gasteiger partial charge in [-0.15, -0.1) is 11.8 Å². The maximum Gasteiger partial charge on any atom is 0.336 e. The summed E-state index contributed by atoms with van der Waals surface area (Å²) >= 11 is 1.42. The number of rotatable bonds is 7. The number of thioether (sulfide) groups is 1. The maximum absolute atomic E-state index is 11.3. The lowest BCUT2D eigenvalue weighted by molar-refractivity contribution is 0.0693. The van der Waals surface area contributed by atoms with Gasteiger partial charge in [0.1, 0.15) is 12.1 Å². The van der Waals surface area contributed by atoms with Crippen LogP contribution in [0.15, 0.2) is 53.7 Å². The van der Waals surface area contributed by atoms with E-state index in [4.69, 9.17) is 0 Å². The average Bonchev–Trinajstić information content (AvgIpc) is 3.21. The molecule has 2 N–H and O–H groups in total. The number of benzene rings is 2. The van der Waals surface area contributed by atoms with E-state index in [0.29, 0.717) is 5.56 Å². The third-order valence-electron chi connectivity index (χ3n) is 5.28. The highest BCUT2D eigenvalue weighted by atomic mass is 32.2. The van der Waals surface area contributed by atoms with Gasteiger partial charge >= 0.3 is 5.97 Å². The monoisotopic (exact) mass is 405 g/mol. The maximum atomic E-state index is 11.3. The van der Waals surface area contributed by atoms with Crippen LogP contribution in [0.5, 0.6) is 0 Å². The molecule has 0 amide bonds. The molecule has 0 saturated heterocycles. The molecule has 6 heteroatoms. The van der Waals surface area contributed by atoms with Crippen LogP contribution in [-0.4, -0.2) is 33.8 Å². The molecule has 0 unspecified atom stereocenters. The second-order valence-corrected chi connectivity index (χ2v) is 7.99. The third-order valence-corrected chi connectivity index (χ3v) is 6.06. The van der Waals surface area contributed by atoms with E-state index in [1.165, 1.54) is 54.0 Å². The number of aromatic nitrogens is 2. The van der Waals surface area contributed by atoms with Crippen molar-refractivity contribution in [3.05, 3.63) is 71.0 Å². The van der Waals surface area contributed by atoms with Crippen LogP contribution < -0.4 is 5.32 Å². The normalized spacial score (nSPS) is 12.6. The predicted molar refractivity (Wildman–Crippen MR) is 117 cm³/mol. The largest absolute Gasteiger partial charge is 0.478 e. The van der Waals surface area contributed by atoms with Gasteiger partial charge in [0.25, 0.3) is 0 Å². The predicted octanol–water partition coefficient (Wildman–Crippen LogP) is 4.71. The minimum atomic E-state index is -0.919. The fourth-order valence-electron chi connectivity index (χ4n) is 3.75. The van der Waals surface area contributed by atoms with E-state index in [-0.39, 0.29) is 0 Å². The second-order valence-electron chi connectivity index (χ2n) is 7.14. The Labute approximate surface area is 174 Å². The summed E-state index contributed by atoms with van der Waals surface area (Å²) in [7, 11) is 0. The fraction of sp³-hybridized carbons (Fsp3) is 0.261. The lowest BCUT2D eigenvalue weighted by atomic mass is 10.0. The Bertz CT molecular complexity index is 1050. The molecule has 0 radical (unpaired) electrons. The average molecular weight is 406 g/mol. The summed E-state index contributed by atoms with van der Waals surface area (Å²) in [5.41, 5.74) is 6.31. The highest BCUT2D eigenvalue weighted by Crippen LogP contribution is 2.28. The third kappa shape index (κ3) is 4.43. The quantitative estimate of drug-likeness (QED) is 0.555. The van der Waals surface area contributed by atoms with Crippen molar-refractivity contribution in [2.75, 3.05) is 18.1 Å². The lowest BCUT2D eigenvalue weighted by Gasteiger charge is -2.10. The van der Waals surface area contributed by atoms with Crippen LogP contribution in [0.25, 0.3) is 11.3 Å². The number of hydrogen-bond acceptors (Lipinski definition) is 5. The first-order chi connectivity index (χ1) is 14.1. The smallest absolute Gasteiger partial charge is 0.336 e. The minimum absolute atomic E-state index is 0.308. The van der Waals surface area contributed by atoms with E-state index in [2.05, 4.69) is 33.5 Å². The Kier molecular flexibility index (Phi) is 5.81. The highest BCUT2D eigenvalue weighted by Gasteiger charge is 2.12. The van der Waals surface area contributed by atoms with Crippen molar-refractivity contribution in [2.45, 2.75) is 30.6 Å². The molecule has 0 atom stereocenters. The van der Waals surface area contributed by atoms with Crippen LogP contribution in [0.3, 0.4) is 0 Å². The van der Waals surface area contributed by atoms with Gasteiger partial charge in [-0.05, 0) is 60.8 Å². The number of nitrogens with one attached hydrogen (secondary N) is 1. The summed E-state index contributed by atoms with van der Waals surface area (Å²) in [6.45, 7) is 0.795. The van der Waals surface area contributed by atoms with Gasteiger partial charge in [0.15, 0.2) is 0 Å². The Morgan fingerprint density at radius 2 is 1.97 bits per heavy atom. The first-order valence-electron chi connectivity index (χ1n) is 9.72. The lowest BCUT2D eigenvalue weighted by Crippen LogP contribution is -2.07. The van der Waals surface area contributed by atoms with Gasteiger partial charge in [-0.3, -0.25) is 0 Å². The molecule has 0 bridgehead atoms. The van der Waals surface area contributed by atoms with Crippen LogP contribution in [0.4, 0.5) is 5.82 Å². The van der Waals surface area contributed by atoms with Crippen LogP contribution in [0.2, 0.25) is 0 Å². The molecular weight excluding hydrogens is 382 g/mol. The topological polar surface area (TPSA) is 75.1 Å². The Morgan fingerprint density at radius 1 is 1.10 bits per heavy atom. The summed E-state index contributed by atoms with van der Waals surface area (Å²) in [6, 6.07) is 14.0. The van der Waals surface area contributed by atoms with Gasteiger partial charge in [-0.1, -0.05) is 24.3 Å². The molecule has 1 aliphatic rings. The van der Waals surface area contributed by atoms with E-state index in [1.807, 2.05) is 18.4 Å². The Balaban J connectivity index is 1.44. The summed E-state index contributed by atoms with van der Waals surface area (Å²) in [5, 5.41) is 12.7. The number of nitrogens with zero attached hydrogens (tertiary/aromatic N) is 2. The van der Waals surface area contributed by atoms with Gasteiger partial charge in [-0.25, -0.2) is 14.8 Å². The van der Waals surface area contributed by atoms with Gasteiger partial charge < -0.3 is 10.4 Å². The van der Waals surface area contributed by atoms with Crippen LogP contribution in [0.1, 0.15) is 33.5 Å². The molecule has 0 aliphatic heterocycles. The van der Waals surface area contributed by atoms with Crippen molar-refractivity contribution in [2.24, 2.45) is 0 Å². The van der Waals surface area contributed by atoms with Gasteiger partial charge in [-0.2, -0.15) is 0 Å². The summed E-state index contributed by atoms with van der Waals surface area (Å²) in [6.07, 6.45) is 8.03. The molecular formula is C23H23N3O2S. The SMILES string of the molecule is CSc1cc(-c2cc(NCCc3ccc4c(c3)CCC4)ncn2)ccc1C(=O)O. The van der Waals surface area contributed by atoms with E-state index < -0.39 is 5.97 Å². The van der Waals surface area contributed by atoms with Crippen molar-refractivity contribution in [3.63, 3.8) is 0 Å². The summed E-state index contributed by atoms with van der Waals surface area (Å²) < 4.78 is 0. The zero-order valence-electron chi connectivity index (χ0n) is 16.3. The van der Waals surface area contributed by atoms with E-state index in [0.717, 1.165) is 34.9 Å². The van der Waals surface area contributed by atoms with E-state index in [9.17, 15) is 9.90 Å². The van der Waals surface area contributed by atoms with Crippen LogP contribution in [-0.2, 0) is 19.3 Å². The molecule has 0 spiro atoms. The number of fused-ring (bicyclic) bond motifs is 1. The number of aryl methyl sites for hydroxylation is 2. The molecule has 1 aliphatic carbocycles. The molecule has 148 valence electrons. The van der Waals surface area contributed by atoms with E-state index in [1.54, 1.807) is 12.1 Å². The molecule has 0 saturated carbocycles. The number of carbonyl (C=O) groups is 1. The molecule has 3 aromatic rings. The molecule has 1 heterocycles. The van der Waals surface area contributed by atoms with Gasteiger partial charge in [0, 0.05) is 23.1 Å². The minimum Gasteiger partial charge on any atom is -0.478 e. The van der Waals surface area contributed by atoms with Crippen molar-refractivity contribution in [1.82, 2.24) is 9.97 Å². The Morgan fingerprint density at radius 3 is 2.79 bits per heavy atom. The fourth-order valence-corrected chi connectivity index (χ4v) is 4.37. The number of carboxylic acids is 1. The van der Waals surface area contributed by atoms with Crippen molar-refractivity contribution in [3.8, 4) is 11.3 Å². The van der Waals surface area contributed by atoms with Crippen molar-refractivity contribution >= 4 is 23.5 Å². The Hall–Kier alpha value is -2.86. The summed E-state index contributed by atoms with van der Waals surface area (Å²) in [4.78, 5) is 20.7. The zero-order chi connectivity index (χ0) is 20.2. The first kappa shape index (κ1) is 19.5. The standard InChI is InChI=1S/C23H23N3O2S/c1-29-21-12-18(7-8-19(21)23(27)28)20-13-22(26-14-25-20)24-10-9-15-5-6-16-3-2-4-17(16)11-15/h5-8,11-14H,2-4,9-10H2,1H3,(H,27,28)(H,24,25,26). The van der Waals surface area contributed by atoms with Gasteiger partial charge in [0.2, 0.25) is 0 Å². The second kappa shape index (κ2) is 8.66. The molecule has 2 aromatic carbocycles. The summed E-state index contributed by atoms with van der Waals surface area (Å²) in [5.74, 6) is -0.151. The number of carboxylic acid groups (broad SMARTS) is 1. The van der Waals surface area contributed by atoms with Crippen molar-refractivity contribution in [1.29, 1.82) is 0 Å². The molecule has 4 rings (SSSR count). The van der Waals surface area contributed by atoms with Crippen LogP contribution in [0, 0.1) is 0 Å². The van der Waals surface area contributed by atoms with Crippen molar-refractivity contribution < 1.29 is 9.90 Å². The number of aromatic carboxylic acids is 1. The molecule has 29 heavy (non-hydrogen) atoms. The van der Waals surface area contributed by atoms with E-state index >= 15 is 0 Å².